The minimum absolute atomic E-state index is 0.00466. The number of aryl methyl sites for hydroxylation is 1. The van der Waals surface area contributed by atoms with E-state index in [1.54, 1.807) is 13.1 Å². The number of guanidine groups is 1. The topological polar surface area (TPSA) is 78.7 Å². The first kappa shape index (κ1) is 18.4. The second-order valence-electron chi connectivity index (χ2n) is 5.98. The average Bonchev–Trinajstić information content (AvgIpc) is 2.98. The number of amides is 1. The number of aliphatic imine (C=N–C) groups is 1. The fourth-order valence-electron chi connectivity index (χ4n) is 2.71. The summed E-state index contributed by atoms with van der Waals surface area (Å²) in [6.45, 7) is 2.44. The fourth-order valence-corrected chi connectivity index (χ4v) is 2.71. The van der Waals surface area contributed by atoms with Crippen LogP contribution >= 0.6 is 0 Å². The summed E-state index contributed by atoms with van der Waals surface area (Å²) in [5.74, 6) is 0.565. The average molecular weight is 368 g/mol. The zero-order valence-electron chi connectivity index (χ0n) is 15.2. The molecule has 0 aliphatic carbocycles. The van der Waals surface area contributed by atoms with E-state index in [2.05, 4.69) is 20.9 Å². The molecule has 0 aliphatic rings. The number of halogens is 1. The number of hydrogen-bond acceptors (Lipinski definition) is 3. The molecule has 6 nitrogen and oxygen atoms in total. The minimum atomic E-state index is -0.403. The molecule has 0 saturated heterocycles. The highest BCUT2D eigenvalue weighted by atomic mass is 19.1. The van der Waals surface area contributed by atoms with Gasteiger partial charge in [0, 0.05) is 23.7 Å². The lowest BCUT2D eigenvalue weighted by Gasteiger charge is -2.11. The summed E-state index contributed by atoms with van der Waals surface area (Å²) in [6.07, 6.45) is 0. The summed E-state index contributed by atoms with van der Waals surface area (Å²) in [4.78, 5) is 16.1. The van der Waals surface area contributed by atoms with Crippen LogP contribution in [-0.2, 0) is 11.3 Å². The number of nitrogens with zero attached hydrogens (tertiary/aromatic N) is 1. The van der Waals surface area contributed by atoms with Crippen LogP contribution in [0.4, 0.5) is 10.1 Å². The Kier molecular flexibility index (Phi) is 5.71. The Morgan fingerprint density at radius 2 is 1.96 bits per heavy atom. The van der Waals surface area contributed by atoms with Crippen LogP contribution in [0.15, 0.2) is 57.9 Å². The molecule has 1 aromatic heterocycles. The van der Waals surface area contributed by atoms with Gasteiger partial charge in [0.1, 0.15) is 17.2 Å². The summed E-state index contributed by atoms with van der Waals surface area (Å²) in [6, 6.07) is 13.6. The molecular formula is C20H21FN4O2. The maximum atomic E-state index is 13.2. The number of benzene rings is 2. The van der Waals surface area contributed by atoms with Crippen molar-refractivity contribution in [1.82, 2.24) is 10.6 Å². The molecule has 0 atom stereocenters. The lowest BCUT2D eigenvalue weighted by Crippen LogP contribution is -2.41. The highest BCUT2D eigenvalue weighted by Crippen LogP contribution is 2.24. The van der Waals surface area contributed by atoms with Crippen molar-refractivity contribution in [3.63, 3.8) is 0 Å². The van der Waals surface area contributed by atoms with Crippen molar-refractivity contribution in [2.75, 3.05) is 18.9 Å². The first-order valence-electron chi connectivity index (χ1n) is 8.54. The van der Waals surface area contributed by atoms with Gasteiger partial charge in [-0.05, 0) is 31.2 Å². The molecule has 3 N–H and O–H groups in total. The highest BCUT2D eigenvalue weighted by Gasteiger charge is 2.11. The van der Waals surface area contributed by atoms with Crippen molar-refractivity contribution in [3.8, 4) is 0 Å². The summed E-state index contributed by atoms with van der Waals surface area (Å²) in [7, 11) is 1.62. The lowest BCUT2D eigenvalue weighted by molar-refractivity contribution is -0.115. The number of anilines is 1. The van der Waals surface area contributed by atoms with Crippen LogP contribution in [0.2, 0.25) is 0 Å². The monoisotopic (exact) mass is 368 g/mol. The molecule has 0 aliphatic heterocycles. The predicted octanol–water partition coefficient (Wildman–Crippen LogP) is 3.18. The molecule has 7 heteroatoms. The maximum absolute atomic E-state index is 13.2. The number of nitrogens with one attached hydrogen (secondary N) is 3. The maximum Gasteiger partial charge on any atom is 0.243 e. The molecule has 3 rings (SSSR count). The zero-order chi connectivity index (χ0) is 19.2. The Bertz CT molecular complexity index is 981. The van der Waals surface area contributed by atoms with Gasteiger partial charge in [-0.25, -0.2) is 4.39 Å². The van der Waals surface area contributed by atoms with E-state index in [9.17, 15) is 9.18 Å². The smallest absolute Gasteiger partial charge is 0.243 e. The number of carbonyl (C=O) groups excluding carboxylic acids is 1. The van der Waals surface area contributed by atoms with E-state index in [0.717, 1.165) is 22.3 Å². The number of rotatable bonds is 5. The van der Waals surface area contributed by atoms with Gasteiger partial charge < -0.3 is 20.4 Å². The van der Waals surface area contributed by atoms with E-state index in [0.29, 0.717) is 18.2 Å². The van der Waals surface area contributed by atoms with Crippen LogP contribution in [0, 0.1) is 12.7 Å². The summed E-state index contributed by atoms with van der Waals surface area (Å²) < 4.78 is 19.0. The highest BCUT2D eigenvalue weighted by molar-refractivity contribution is 5.95. The molecule has 0 unspecified atom stereocenters. The molecule has 2 aromatic carbocycles. The Hall–Kier alpha value is -3.35. The van der Waals surface area contributed by atoms with E-state index >= 15 is 0 Å². The standard InChI is InChI=1S/C20H21FN4O2/c1-13-16-8-3-4-9-17(16)27-18(13)11-23-20(22-2)24-12-19(26)25-15-7-5-6-14(21)10-15/h3-10H,11-12H2,1-2H3,(H,25,26)(H2,22,23,24). The van der Waals surface area contributed by atoms with Crippen LogP contribution in [-0.4, -0.2) is 25.5 Å². The SMILES string of the molecule is CN=C(NCC(=O)Nc1cccc(F)c1)NCc1oc2ccccc2c1C. The van der Waals surface area contributed by atoms with Gasteiger partial charge in [0.2, 0.25) is 5.91 Å². The number of hydrogen-bond donors (Lipinski definition) is 3. The van der Waals surface area contributed by atoms with Gasteiger partial charge in [-0.3, -0.25) is 9.79 Å². The fraction of sp³-hybridized carbons (Fsp3) is 0.200. The van der Waals surface area contributed by atoms with Crippen molar-refractivity contribution in [3.05, 3.63) is 65.7 Å². The van der Waals surface area contributed by atoms with Gasteiger partial charge in [0.15, 0.2) is 5.96 Å². The third kappa shape index (κ3) is 4.63. The van der Waals surface area contributed by atoms with Crippen LogP contribution in [0.5, 0.6) is 0 Å². The van der Waals surface area contributed by atoms with Crippen molar-refractivity contribution in [2.45, 2.75) is 13.5 Å². The minimum Gasteiger partial charge on any atom is -0.459 e. The first-order valence-corrected chi connectivity index (χ1v) is 8.54. The van der Waals surface area contributed by atoms with Crippen molar-refractivity contribution in [1.29, 1.82) is 0 Å². The largest absolute Gasteiger partial charge is 0.459 e. The Morgan fingerprint density at radius 3 is 2.70 bits per heavy atom. The molecule has 140 valence electrons. The second kappa shape index (κ2) is 8.35. The van der Waals surface area contributed by atoms with Crippen molar-refractivity contribution >= 4 is 28.5 Å². The third-order valence-corrected chi connectivity index (χ3v) is 4.11. The Labute approximate surface area is 156 Å². The molecule has 0 spiro atoms. The summed E-state index contributed by atoms with van der Waals surface area (Å²) >= 11 is 0. The van der Waals surface area contributed by atoms with Gasteiger partial charge in [-0.15, -0.1) is 0 Å². The Morgan fingerprint density at radius 1 is 1.15 bits per heavy atom. The Balaban J connectivity index is 1.53. The van der Waals surface area contributed by atoms with Gasteiger partial charge in [0.25, 0.3) is 0 Å². The quantitative estimate of drug-likeness (QED) is 0.477. The number of furan rings is 1. The third-order valence-electron chi connectivity index (χ3n) is 4.11. The summed E-state index contributed by atoms with van der Waals surface area (Å²) in [5.41, 5.74) is 2.31. The van der Waals surface area contributed by atoms with Crippen molar-refractivity contribution in [2.24, 2.45) is 4.99 Å². The number of fused-ring (bicyclic) bond motifs is 1. The van der Waals surface area contributed by atoms with Gasteiger partial charge in [-0.1, -0.05) is 24.3 Å². The summed E-state index contributed by atoms with van der Waals surface area (Å²) in [5, 5.41) is 9.74. The molecule has 1 amide bonds. The van der Waals surface area contributed by atoms with Crippen molar-refractivity contribution < 1.29 is 13.6 Å². The molecule has 0 saturated carbocycles. The number of para-hydroxylation sites is 1. The van der Waals surface area contributed by atoms with Crippen LogP contribution in [0.1, 0.15) is 11.3 Å². The van der Waals surface area contributed by atoms with E-state index in [1.165, 1.54) is 18.2 Å². The van der Waals surface area contributed by atoms with E-state index < -0.39 is 5.82 Å². The second-order valence-corrected chi connectivity index (χ2v) is 5.98. The van der Waals surface area contributed by atoms with Crippen LogP contribution in [0.25, 0.3) is 11.0 Å². The molecule has 27 heavy (non-hydrogen) atoms. The molecule has 0 bridgehead atoms. The predicted molar refractivity (Wildman–Crippen MR) is 104 cm³/mol. The van der Waals surface area contributed by atoms with Gasteiger partial charge >= 0.3 is 0 Å². The van der Waals surface area contributed by atoms with Crippen LogP contribution in [0.3, 0.4) is 0 Å². The molecule has 3 aromatic rings. The lowest BCUT2D eigenvalue weighted by atomic mass is 10.1. The molecule has 0 radical (unpaired) electrons. The zero-order valence-corrected chi connectivity index (χ0v) is 15.2. The first-order chi connectivity index (χ1) is 13.1. The van der Waals surface area contributed by atoms with Gasteiger partial charge in [-0.2, -0.15) is 0 Å². The van der Waals surface area contributed by atoms with E-state index in [4.69, 9.17) is 4.42 Å². The van der Waals surface area contributed by atoms with E-state index in [1.807, 2.05) is 31.2 Å². The van der Waals surface area contributed by atoms with E-state index in [-0.39, 0.29) is 12.5 Å². The molecule has 0 fully saturated rings. The van der Waals surface area contributed by atoms with Crippen LogP contribution < -0.4 is 16.0 Å². The molecular weight excluding hydrogens is 347 g/mol. The van der Waals surface area contributed by atoms with Gasteiger partial charge in [0.05, 0.1) is 13.1 Å². The normalized spacial score (nSPS) is 11.4. The number of carbonyl (C=O) groups is 1. The molecule has 1 heterocycles.